The van der Waals surface area contributed by atoms with E-state index >= 15 is 0 Å². The largest absolute Gasteiger partial charge is 0.496 e. The van der Waals surface area contributed by atoms with Crippen LogP contribution in [0.2, 0.25) is 0 Å². The number of carbonyl (C=O) groups excluding carboxylic acids is 1. The molecule has 0 saturated carbocycles. The van der Waals surface area contributed by atoms with Crippen molar-refractivity contribution in [2.45, 2.75) is 32.4 Å². The van der Waals surface area contributed by atoms with Crippen molar-refractivity contribution in [3.63, 3.8) is 0 Å². The molecule has 1 saturated heterocycles. The van der Waals surface area contributed by atoms with Gasteiger partial charge in [0, 0.05) is 57.1 Å². The summed E-state index contributed by atoms with van der Waals surface area (Å²) in [6, 6.07) is 12.5. The number of nitrogens with zero attached hydrogens (tertiary/aromatic N) is 2. The number of ether oxygens (including phenoxy) is 2. The van der Waals surface area contributed by atoms with Gasteiger partial charge in [-0.05, 0) is 43.5 Å². The summed E-state index contributed by atoms with van der Waals surface area (Å²) >= 11 is 0. The van der Waals surface area contributed by atoms with Crippen LogP contribution in [0.1, 0.15) is 31.0 Å². The second kappa shape index (κ2) is 9.94. The van der Waals surface area contributed by atoms with E-state index in [-0.39, 0.29) is 18.6 Å². The van der Waals surface area contributed by atoms with E-state index in [9.17, 15) is 4.79 Å². The first kappa shape index (κ1) is 21.4. The molecule has 2 heterocycles. The molecule has 0 bridgehead atoms. The van der Waals surface area contributed by atoms with Crippen LogP contribution in [0.4, 0.5) is 0 Å². The normalized spacial score (nSPS) is 19.6. The van der Waals surface area contributed by atoms with E-state index in [0.29, 0.717) is 18.4 Å². The fraction of sp³-hybridized carbons (Fsp3) is 0.522. The number of hydrogen-bond acceptors (Lipinski definition) is 4. The predicted molar refractivity (Wildman–Crippen MR) is 114 cm³/mol. The number of rotatable bonds is 9. The lowest BCUT2D eigenvalue weighted by Crippen LogP contribution is -2.43. The summed E-state index contributed by atoms with van der Waals surface area (Å²) in [6.45, 7) is 7.72. The Morgan fingerprint density at radius 3 is 2.66 bits per heavy atom. The van der Waals surface area contributed by atoms with Gasteiger partial charge in [-0.1, -0.05) is 18.2 Å². The van der Waals surface area contributed by atoms with Gasteiger partial charge in [-0.15, -0.1) is 0 Å². The molecule has 158 valence electrons. The van der Waals surface area contributed by atoms with Gasteiger partial charge in [0.1, 0.15) is 12.4 Å². The SMILES string of the molecule is COCC(=O)N(CC1CN(Cc2ccc[nH]2)CC1c1ccccc1OC)C(C)C. The van der Waals surface area contributed by atoms with Gasteiger partial charge in [-0.3, -0.25) is 9.69 Å². The van der Waals surface area contributed by atoms with Crippen LogP contribution in [0.15, 0.2) is 42.6 Å². The number of hydrogen-bond donors (Lipinski definition) is 1. The Bertz CT molecular complexity index is 775. The summed E-state index contributed by atoms with van der Waals surface area (Å²) in [4.78, 5) is 20.4. The fourth-order valence-electron chi connectivity index (χ4n) is 4.37. The Balaban J connectivity index is 1.84. The molecule has 3 rings (SSSR count). The molecular weight excluding hydrogens is 366 g/mol. The highest BCUT2D eigenvalue weighted by atomic mass is 16.5. The highest BCUT2D eigenvalue weighted by Crippen LogP contribution is 2.38. The smallest absolute Gasteiger partial charge is 0.248 e. The van der Waals surface area contributed by atoms with Crippen LogP contribution in [-0.2, 0) is 16.1 Å². The molecule has 2 unspecified atom stereocenters. The number of aromatic nitrogens is 1. The molecule has 2 atom stereocenters. The van der Waals surface area contributed by atoms with Gasteiger partial charge in [0.25, 0.3) is 0 Å². The van der Waals surface area contributed by atoms with Gasteiger partial charge in [-0.2, -0.15) is 0 Å². The highest BCUT2D eigenvalue weighted by molar-refractivity contribution is 5.77. The second-order valence-electron chi connectivity index (χ2n) is 8.07. The third kappa shape index (κ3) is 5.19. The van der Waals surface area contributed by atoms with Crippen LogP contribution >= 0.6 is 0 Å². The number of nitrogens with one attached hydrogen (secondary N) is 1. The van der Waals surface area contributed by atoms with Crippen molar-refractivity contribution in [2.75, 3.05) is 40.5 Å². The number of benzene rings is 1. The Labute approximate surface area is 173 Å². The van der Waals surface area contributed by atoms with E-state index in [1.165, 1.54) is 11.3 Å². The molecule has 1 aromatic heterocycles. The lowest BCUT2D eigenvalue weighted by Gasteiger charge is -2.31. The zero-order valence-corrected chi connectivity index (χ0v) is 17.9. The van der Waals surface area contributed by atoms with Crippen LogP contribution in [0.3, 0.4) is 0 Å². The first-order valence-electron chi connectivity index (χ1n) is 10.3. The van der Waals surface area contributed by atoms with Gasteiger partial charge in [0.2, 0.25) is 5.91 Å². The Hall–Kier alpha value is -2.31. The first-order chi connectivity index (χ1) is 14.0. The third-order valence-corrected chi connectivity index (χ3v) is 5.75. The Morgan fingerprint density at radius 2 is 2.00 bits per heavy atom. The topological polar surface area (TPSA) is 57.8 Å². The van der Waals surface area contributed by atoms with Gasteiger partial charge < -0.3 is 19.4 Å². The number of methoxy groups -OCH3 is 2. The van der Waals surface area contributed by atoms with Crippen molar-refractivity contribution in [1.29, 1.82) is 0 Å². The summed E-state index contributed by atoms with van der Waals surface area (Å²) in [5, 5.41) is 0. The molecule has 0 radical (unpaired) electrons. The van der Waals surface area contributed by atoms with Crippen LogP contribution in [0.25, 0.3) is 0 Å². The molecule has 29 heavy (non-hydrogen) atoms. The third-order valence-electron chi connectivity index (χ3n) is 5.75. The van der Waals surface area contributed by atoms with E-state index < -0.39 is 0 Å². The minimum Gasteiger partial charge on any atom is -0.496 e. The predicted octanol–water partition coefficient (Wildman–Crippen LogP) is 3.12. The molecule has 6 heteroatoms. The fourth-order valence-corrected chi connectivity index (χ4v) is 4.37. The van der Waals surface area contributed by atoms with Crippen LogP contribution in [-0.4, -0.2) is 67.2 Å². The maximum Gasteiger partial charge on any atom is 0.248 e. The summed E-state index contributed by atoms with van der Waals surface area (Å²) in [6.07, 6.45) is 1.96. The van der Waals surface area contributed by atoms with Crippen molar-refractivity contribution in [2.24, 2.45) is 5.92 Å². The van der Waals surface area contributed by atoms with Crippen LogP contribution < -0.4 is 4.74 Å². The number of likely N-dealkylation sites (tertiary alicyclic amines) is 1. The number of aromatic amines is 1. The number of H-pyrrole nitrogens is 1. The molecule has 0 spiro atoms. The molecule has 1 aliphatic rings. The van der Waals surface area contributed by atoms with E-state index in [1.807, 2.05) is 29.3 Å². The molecule has 6 nitrogen and oxygen atoms in total. The lowest BCUT2D eigenvalue weighted by atomic mass is 9.87. The average molecular weight is 400 g/mol. The summed E-state index contributed by atoms with van der Waals surface area (Å²) in [7, 11) is 3.30. The minimum atomic E-state index is 0.0455. The van der Waals surface area contributed by atoms with Gasteiger partial charge in [0.15, 0.2) is 0 Å². The maximum absolute atomic E-state index is 12.6. The van der Waals surface area contributed by atoms with Crippen molar-refractivity contribution >= 4 is 5.91 Å². The first-order valence-corrected chi connectivity index (χ1v) is 10.3. The van der Waals surface area contributed by atoms with E-state index in [1.54, 1.807) is 14.2 Å². The van der Waals surface area contributed by atoms with Gasteiger partial charge >= 0.3 is 0 Å². The molecule has 1 fully saturated rings. The lowest BCUT2D eigenvalue weighted by molar-refractivity contribution is -0.137. The van der Waals surface area contributed by atoms with E-state index in [4.69, 9.17) is 9.47 Å². The highest BCUT2D eigenvalue weighted by Gasteiger charge is 2.37. The maximum atomic E-state index is 12.6. The molecular formula is C23H33N3O3. The average Bonchev–Trinajstić information content (AvgIpc) is 3.36. The molecule has 1 aliphatic heterocycles. The molecule has 2 aromatic rings. The monoisotopic (exact) mass is 399 g/mol. The standard InChI is InChI=1S/C23H33N3O3/c1-17(2)26(23(27)16-28-3)13-18-12-25(14-19-8-7-11-24-19)15-21(18)20-9-5-6-10-22(20)29-4/h5-11,17-18,21,24H,12-16H2,1-4H3. The van der Waals surface area contributed by atoms with Gasteiger partial charge in [-0.25, -0.2) is 0 Å². The van der Waals surface area contributed by atoms with Crippen molar-refractivity contribution in [3.8, 4) is 5.75 Å². The molecule has 1 amide bonds. The van der Waals surface area contributed by atoms with Gasteiger partial charge in [0.05, 0.1) is 7.11 Å². The number of carbonyl (C=O) groups is 1. The summed E-state index contributed by atoms with van der Waals surface area (Å²) in [5.41, 5.74) is 2.43. The van der Waals surface area contributed by atoms with Crippen molar-refractivity contribution < 1.29 is 14.3 Å². The number of para-hydroxylation sites is 1. The Kier molecular flexibility index (Phi) is 7.34. The molecule has 0 aliphatic carbocycles. The minimum absolute atomic E-state index is 0.0455. The molecule has 1 N–H and O–H groups in total. The number of amides is 1. The second-order valence-corrected chi connectivity index (χ2v) is 8.07. The summed E-state index contributed by atoms with van der Waals surface area (Å²) in [5.74, 6) is 1.59. The zero-order chi connectivity index (χ0) is 20.8. The van der Waals surface area contributed by atoms with E-state index in [0.717, 1.165) is 25.4 Å². The van der Waals surface area contributed by atoms with Crippen molar-refractivity contribution in [1.82, 2.24) is 14.8 Å². The van der Waals surface area contributed by atoms with Crippen LogP contribution in [0, 0.1) is 5.92 Å². The summed E-state index contributed by atoms with van der Waals surface area (Å²) < 4.78 is 10.8. The molecule has 1 aromatic carbocycles. The van der Waals surface area contributed by atoms with Crippen molar-refractivity contribution in [3.05, 3.63) is 53.9 Å². The van der Waals surface area contributed by atoms with Crippen LogP contribution in [0.5, 0.6) is 5.75 Å². The Morgan fingerprint density at radius 1 is 1.21 bits per heavy atom. The van der Waals surface area contributed by atoms with E-state index in [2.05, 4.69) is 41.9 Å². The quantitative estimate of drug-likeness (QED) is 0.704. The zero-order valence-electron chi connectivity index (χ0n) is 17.9.